The number of unbranched alkanes of at least 4 members (excludes halogenated alkanes) is 1. The first-order valence-electron chi connectivity index (χ1n) is 12.4. The number of aryl methyl sites for hydroxylation is 1. The summed E-state index contributed by atoms with van der Waals surface area (Å²) in [7, 11) is 0. The maximum atomic E-state index is 12.7. The van der Waals surface area contributed by atoms with E-state index in [-0.39, 0.29) is 11.7 Å². The molecule has 2 aliphatic heterocycles. The van der Waals surface area contributed by atoms with Gasteiger partial charge in [0.05, 0.1) is 6.33 Å². The summed E-state index contributed by atoms with van der Waals surface area (Å²) in [5.74, 6) is -0.323. The zero-order valence-electron chi connectivity index (χ0n) is 20.8. The molecule has 0 bridgehead atoms. The third-order valence-corrected chi connectivity index (χ3v) is 6.32. The van der Waals surface area contributed by atoms with Gasteiger partial charge in [0.25, 0.3) is 5.91 Å². The minimum atomic E-state index is -0.847. The van der Waals surface area contributed by atoms with Crippen LogP contribution in [0.2, 0.25) is 0 Å². The summed E-state index contributed by atoms with van der Waals surface area (Å²) in [5.41, 5.74) is 8.52. The van der Waals surface area contributed by atoms with Crippen LogP contribution in [0.15, 0.2) is 42.7 Å². The molecule has 4 heterocycles. The number of carbonyl (C=O) groups excluding carboxylic acids is 1. The van der Waals surface area contributed by atoms with Gasteiger partial charge >= 0.3 is 0 Å². The standard InChI is InChI=1S/C26H32N6O4/c1-4-28-24(33)20-19-21(36-26(2,3)35-19)25(34-20)32-15-29-18-22(27)30-17(31-23(18)32)14-10-6-9-13-16-11-7-5-8-12-16/h5,7-8,10-12,14-15,19-21,25H,4,6,9,13H2,1-3H3,(H,28,33)(H2,27,30,31)/b14-10+/t19-,20+,21-,25-/m1/s1. The molecule has 36 heavy (non-hydrogen) atoms. The van der Waals surface area contributed by atoms with Crippen LogP contribution in [-0.2, 0) is 25.4 Å². The number of nitrogens with one attached hydrogen (secondary N) is 1. The number of likely N-dealkylation sites (N-methyl/N-ethyl adjacent to an activating group) is 1. The highest BCUT2D eigenvalue weighted by atomic mass is 16.8. The number of anilines is 1. The SMILES string of the molecule is CCNC(=O)[C@H]1O[C@@H](n2cnc3c(N)nc(/C=C/CCCc4ccccc4)nc32)[C@@H]2OC(C)(C)O[C@@H]21. The van der Waals surface area contributed by atoms with Gasteiger partial charge in [-0.15, -0.1) is 0 Å². The van der Waals surface area contributed by atoms with Crippen molar-refractivity contribution >= 4 is 29.0 Å². The van der Waals surface area contributed by atoms with Crippen molar-refractivity contribution in [3.05, 3.63) is 54.1 Å². The van der Waals surface area contributed by atoms with Crippen LogP contribution < -0.4 is 11.1 Å². The Labute approximate surface area is 209 Å². The zero-order chi connectivity index (χ0) is 25.3. The number of ether oxygens (including phenoxy) is 3. The number of rotatable bonds is 8. The van der Waals surface area contributed by atoms with Crippen LogP contribution in [0.3, 0.4) is 0 Å². The molecule has 3 N–H and O–H groups in total. The normalized spacial score (nSPS) is 25.0. The van der Waals surface area contributed by atoms with Crippen molar-refractivity contribution in [2.45, 2.75) is 70.4 Å². The lowest BCUT2D eigenvalue weighted by atomic mass is 10.1. The molecule has 1 amide bonds. The van der Waals surface area contributed by atoms with E-state index in [1.807, 2.05) is 39.0 Å². The van der Waals surface area contributed by atoms with Gasteiger partial charge in [-0.2, -0.15) is 0 Å². The summed E-state index contributed by atoms with van der Waals surface area (Å²) in [6, 6.07) is 10.4. The van der Waals surface area contributed by atoms with Crippen LogP contribution in [-0.4, -0.2) is 56.1 Å². The Morgan fingerprint density at radius 3 is 2.75 bits per heavy atom. The fourth-order valence-electron chi connectivity index (χ4n) is 4.76. The molecule has 2 saturated heterocycles. The van der Waals surface area contributed by atoms with Gasteiger partial charge in [-0.1, -0.05) is 36.4 Å². The highest BCUT2D eigenvalue weighted by molar-refractivity contribution is 5.83. The van der Waals surface area contributed by atoms with Gasteiger partial charge in [-0.25, -0.2) is 15.0 Å². The highest BCUT2D eigenvalue weighted by Gasteiger charge is 2.58. The summed E-state index contributed by atoms with van der Waals surface area (Å²) in [4.78, 5) is 26.2. The molecule has 0 saturated carbocycles. The van der Waals surface area contributed by atoms with E-state index in [1.165, 1.54) is 5.56 Å². The zero-order valence-corrected chi connectivity index (χ0v) is 20.8. The molecule has 0 radical (unpaired) electrons. The van der Waals surface area contributed by atoms with Crippen LogP contribution in [0.1, 0.15) is 51.2 Å². The van der Waals surface area contributed by atoms with Crippen molar-refractivity contribution in [2.75, 3.05) is 12.3 Å². The maximum Gasteiger partial charge on any atom is 0.252 e. The molecular weight excluding hydrogens is 460 g/mol. The number of aromatic nitrogens is 4. The molecule has 5 rings (SSSR count). The van der Waals surface area contributed by atoms with Crippen LogP contribution in [0.5, 0.6) is 0 Å². The lowest BCUT2D eigenvalue weighted by Crippen LogP contribution is -2.42. The van der Waals surface area contributed by atoms with Gasteiger partial charge in [-0.3, -0.25) is 9.36 Å². The minimum Gasteiger partial charge on any atom is -0.382 e. The molecule has 10 heteroatoms. The smallest absolute Gasteiger partial charge is 0.252 e. The summed E-state index contributed by atoms with van der Waals surface area (Å²) >= 11 is 0. The summed E-state index contributed by atoms with van der Waals surface area (Å²) < 4.78 is 20.1. The highest BCUT2D eigenvalue weighted by Crippen LogP contribution is 2.44. The average Bonchev–Trinajstić information content (AvgIpc) is 3.50. The fourth-order valence-corrected chi connectivity index (χ4v) is 4.76. The predicted octanol–water partition coefficient (Wildman–Crippen LogP) is 3.00. The lowest BCUT2D eigenvalue weighted by molar-refractivity contribution is -0.197. The molecule has 10 nitrogen and oxygen atoms in total. The van der Waals surface area contributed by atoms with E-state index in [1.54, 1.807) is 10.9 Å². The van der Waals surface area contributed by atoms with Crippen molar-refractivity contribution in [2.24, 2.45) is 0 Å². The minimum absolute atomic E-state index is 0.242. The third kappa shape index (κ3) is 4.84. The first kappa shape index (κ1) is 24.4. The largest absolute Gasteiger partial charge is 0.382 e. The topological polar surface area (TPSA) is 126 Å². The molecule has 190 valence electrons. The van der Waals surface area contributed by atoms with Crippen LogP contribution in [0.25, 0.3) is 17.2 Å². The maximum absolute atomic E-state index is 12.7. The number of allylic oxidation sites excluding steroid dienone is 1. The number of nitrogens with zero attached hydrogens (tertiary/aromatic N) is 4. The second kappa shape index (κ2) is 9.96. The number of nitrogen functional groups attached to an aromatic ring is 1. The van der Waals surface area contributed by atoms with E-state index in [9.17, 15) is 4.79 Å². The fraction of sp³-hybridized carbons (Fsp3) is 0.462. The van der Waals surface area contributed by atoms with Gasteiger partial charge in [0, 0.05) is 6.54 Å². The van der Waals surface area contributed by atoms with E-state index in [2.05, 4.69) is 39.6 Å². The van der Waals surface area contributed by atoms with Crippen LogP contribution >= 0.6 is 0 Å². The van der Waals surface area contributed by atoms with Crippen molar-refractivity contribution in [1.82, 2.24) is 24.8 Å². The molecule has 2 aliphatic rings. The van der Waals surface area contributed by atoms with E-state index in [0.29, 0.717) is 23.5 Å². The first-order valence-corrected chi connectivity index (χ1v) is 12.4. The number of fused-ring (bicyclic) bond motifs is 2. The van der Waals surface area contributed by atoms with Crippen LogP contribution in [0.4, 0.5) is 5.82 Å². The molecule has 2 fully saturated rings. The summed E-state index contributed by atoms with van der Waals surface area (Å²) in [6.07, 6.45) is 5.87. The second-order valence-electron chi connectivity index (χ2n) is 9.48. The monoisotopic (exact) mass is 492 g/mol. The molecule has 4 atom stereocenters. The van der Waals surface area contributed by atoms with E-state index >= 15 is 0 Å². The number of carbonyl (C=O) groups is 1. The summed E-state index contributed by atoms with van der Waals surface area (Å²) in [6.45, 7) is 6.00. The lowest BCUT2D eigenvalue weighted by Gasteiger charge is -2.24. The molecular formula is C26H32N6O4. The Morgan fingerprint density at radius 2 is 1.97 bits per heavy atom. The van der Waals surface area contributed by atoms with Crippen LogP contribution in [0, 0.1) is 0 Å². The van der Waals surface area contributed by atoms with Crippen molar-refractivity contribution in [3.63, 3.8) is 0 Å². The number of hydrogen-bond donors (Lipinski definition) is 2. The third-order valence-electron chi connectivity index (χ3n) is 6.32. The van der Waals surface area contributed by atoms with Gasteiger partial charge in [0.2, 0.25) is 0 Å². The molecule has 1 aromatic carbocycles. The number of benzene rings is 1. The molecule has 0 unspecified atom stereocenters. The summed E-state index contributed by atoms with van der Waals surface area (Å²) in [5, 5.41) is 2.81. The number of imidazole rings is 1. The Bertz CT molecular complexity index is 1260. The van der Waals surface area contributed by atoms with E-state index < -0.39 is 30.3 Å². The predicted molar refractivity (Wildman–Crippen MR) is 135 cm³/mol. The van der Waals surface area contributed by atoms with Gasteiger partial charge in [0.15, 0.2) is 35.4 Å². The number of amides is 1. The van der Waals surface area contributed by atoms with Gasteiger partial charge in [0.1, 0.15) is 17.7 Å². The van der Waals surface area contributed by atoms with Crippen molar-refractivity contribution < 1.29 is 19.0 Å². The molecule has 0 spiro atoms. The van der Waals surface area contributed by atoms with Crippen molar-refractivity contribution in [1.29, 1.82) is 0 Å². The first-order chi connectivity index (χ1) is 17.4. The second-order valence-corrected chi connectivity index (χ2v) is 9.48. The molecule has 0 aliphatic carbocycles. The Morgan fingerprint density at radius 1 is 1.19 bits per heavy atom. The Kier molecular flexibility index (Phi) is 6.74. The number of nitrogens with two attached hydrogens (primary N) is 1. The average molecular weight is 493 g/mol. The molecule has 2 aromatic heterocycles. The Balaban J connectivity index is 1.36. The van der Waals surface area contributed by atoms with Crippen molar-refractivity contribution in [3.8, 4) is 0 Å². The molecule has 3 aromatic rings. The van der Waals surface area contributed by atoms with E-state index in [0.717, 1.165) is 19.3 Å². The number of hydrogen-bond acceptors (Lipinski definition) is 8. The van der Waals surface area contributed by atoms with Gasteiger partial charge in [-0.05, 0) is 51.7 Å². The quantitative estimate of drug-likeness (QED) is 0.460. The van der Waals surface area contributed by atoms with E-state index in [4.69, 9.17) is 24.9 Å². The van der Waals surface area contributed by atoms with Gasteiger partial charge < -0.3 is 25.3 Å². The Hall–Kier alpha value is -3.34.